The van der Waals surface area contributed by atoms with Gasteiger partial charge in [-0.15, -0.1) is 13.2 Å². The predicted molar refractivity (Wildman–Crippen MR) is 87.4 cm³/mol. The number of aromatic nitrogens is 2. The highest BCUT2D eigenvalue weighted by Crippen LogP contribution is 2.26. The molecule has 1 aliphatic heterocycles. The maximum atomic E-state index is 11.5. The molecule has 0 bridgehead atoms. The monoisotopic (exact) mass is 298 g/mol. The Labute approximate surface area is 128 Å². The number of hydrogen-bond acceptors (Lipinski definition) is 4. The number of ether oxygens (including phenoxy) is 1. The standard InChI is InChI=1S/C10H14N2O3.2C2H6.C2H4/c1-7-4-5-12(10(14)11-7)9-3-2-8(6-13)15-9;3*1-2/h4-5,8-9,13H,2-3,6H2,1H3;2*1-2H3;1-2H2. The van der Waals surface area contributed by atoms with Gasteiger partial charge in [0.2, 0.25) is 0 Å². The minimum Gasteiger partial charge on any atom is -0.394 e. The van der Waals surface area contributed by atoms with E-state index in [0.717, 1.165) is 12.8 Å². The quantitative estimate of drug-likeness (QED) is 0.852. The lowest BCUT2D eigenvalue weighted by Crippen LogP contribution is -2.27. The summed E-state index contributed by atoms with van der Waals surface area (Å²) in [5.74, 6) is 0. The van der Waals surface area contributed by atoms with Gasteiger partial charge in [-0.1, -0.05) is 27.7 Å². The van der Waals surface area contributed by atoms with Crippen molar-refractivity contribution in [3.05, 3.63) is 41.6 Å². The first kappa shape index (κ1) is 21.8. The van der Waals surface area contributed by atoms with Gasteiger partial charge in [0, 0.05) is 11.9 Å². The van der Waals surface area contributed by atoms with Crippen molar-refractivity contribution in [2.45, 2.75) is 59.8 Å². The van der Waals surface area contributed by atoms with Gasteiger partial charge in [0.1, 0.15) is 6.23 Å². The topological polar surface area (TPSA) is 64.3 Å². The maximum Gasteiger partial charge on any atom is 0.349 e. The highest BCUT2D eigenvalue weighted by molar-refractivity contribution is 4.96. The smallest absolute Gasteiger partial charge is 0.349 e. The average Bonchev–Trinajstić information content (AvgIpc) is 3.02. The molecule has 1 N–H and O–H groups in total. The van der Waals surface area contributed by atoms with E-state index < -0.39 is 0 Å². The minimum absolute atomic E-state index is 0.00450. The molecule has 0 aromatic carbocycles. The molecule has 2 rings (SSSR count). The third kappa shape index (κ3) is 7.20. The Balaban J connectivity index is 0. The summed E-state index contributed by atoms with van der Waals surface area (Å²) in [6.45, 7) is 15.8. The molecule has 21 heavy (non-hydrogen) atoms. The van der Waals surface area contributed by atoms with Crippen LogP contribution in [0.3, 0.4) is 0 Å². The van der Waals surface area contributed by atoms with E-state index in [1.807, 2.05) is 27.7 Å². The van der Waals surface area contributed by atoms with Crippen LogP contribution in [-0.4, -0.2) is 27.4 Å². The molecule has 1 fully saturated rings. The van der Waals surface area contributed by atoms with E-state index in [2.05, 4.69) is 18.1 Å². The molecule has 0 spiro atoms. The van der Waals surface area contributed by atoms with Crippen LogP contribution in [0.25, 0.3) is 0 Å². The Morgan fingerprint density at radius 2 is 1.90 bits per heavy atom. The average molecular weight is 298 g/mol. The maximum absolute atomic E-state index is 11.5. The van der Waals surface area contributed by atoms with Crippen LogP contribution in [0.15, 0.2) is 30.2 Å². The Morgan fingerprint density at radius 3 is 2.33 bits per heavy atom. The van der Waals surface area contributed by atoms with Crippen molar-refractivity contribution in [1.29, 1.82) is 0 Å². The summed E-state index contributed by atoms with van der Waals surface area (Å²) >= 11 is 0. The first-order chi connectivity index (χ1) is 10.2. The molecule has 2 atom stereocenters. The zero-order chi connectivity index (χ0) is 16.8. The van der Waals surface area contributed by atoms with Crippen LogP contribution in [0.2, 0.25) is 0 Å². The summed E-state index contributed by atoms with van der Waals surface area (Å²) in [6.07, 6.45) is 2.79. The molecule has 0 aliphatic carbocycles. The number of hydrogen-bond donors (Lipinski definition) is 1. The summed E-state index contributed by atoms with van der Waals surface area (Å²) in [5.41, 5.74) is 0.409. The van der Waals surface area contributed by atoms with Crippen molar-refractivity contribution in [3.63, 3.8) is 0 Å². The lowest BCUT2D eigenvalue weighted by Gasteiger charge is -2.14. The fourth-order valence-corrected chi connectivity index (χ4v) is 1.74. The minimum atomic E-state index is -0.293. The third-order valence-corrected chi connectivity index (χ3v) is 2.57. The first-order valence-corrected chi connectivity index (χ1v) is 7.53. The van der Waals surface area contributed by atoms with Gasteiger partial charge in [-0.05, 0) is 25.8 Å². The van der Waals surface area contributed by atoms with Gasteiger partial charge >= 0.3 is 5.69 Å². The summed E-state index contributed by atoms with van der Waals surface area (Å²) in [7, 11) is 0. The van der Waals surface area contributed by atoms with Crippen LogP contribution in [0, 0.1) is 6.92 Å². The lowest BCUT2D eigenvalue weighted by atomic mass is 10.2. The van der Waals surface area contributed by atoms with Crippen LogP contribution in [0.1, 0.15) is 52.5 Å². The molecule has 1 aromatic heterocycles. The Morgan fingerprint density at radius 1 is 1.33 bits per heavy atom. The number of aliphatic hydroxyl groups is 1. The van der Waals surface area contributed by atoms with Gasteiger partial charge in [-0.25, -0.2) is 4.79 Å². The molecule has 5 nitrogen and oxygen atoms in total. The van der Waals surface area contributed by atoms with Gasteiger partial charge in [0.15, 0.2) is 0 Å². The second-order valence-electron chi connectivity index (χ2n) is 3.73. The SMILES string of the molecule is C=C.CC.CC.Cc1ccn(C2CCC(CO)O2)c(=O)n1. The highest BCUT2D eigenvalue weighted by Gasteiger charge is 2.26. The van der Waals surface area contributed by atoms with Gasteiger partial charge in [0.25, 0.3) is 0 Å². The Bertz CT molecular complexity index is 418. The van der Waals surface area contributed by atoms with E-state index >= 15 is 0 Å². The lowest BCUT2D eigenvalue weighted by molar-refractivity contribution is -0.0246. The zero-order valence-electron chi connectivity index (χ0n) is 14.0. The second kappa shape index (κ2) is 13.5. The predicted octanol–water partition coefficient (Wildman–Crippen LogP) is 3.08. The molecular weight excluding hydrogens is 268 g/mol. The van der Waals surface area contributed by atoms with Crippen molar-refractivity contribution in [3.8, 4) is 0 Å². The van der Waals surface area contributed by atoms with E-state index in [9.17, 15) is 4.79 Å². The van der Waals surface area contributed by atoms with Crippen molar-refractivity contribution in [2.75, 3.05) is 6.61 Å². The Kier molecular flexibility index (Phi) is 14.1. The molecule has 1 aliphatic rings. The van der Waals surface area contributed by atoms with Crippen molar-refractivity contribution < 1.29 is 9.84 Å². The normalized spacial score (nSPS) is 19.1. The van der Waals surface area contributed by atoms with Crippen molar-refractivity contribution >= 4 is 0 Å². The van der Waals surface area contributed by atoms with Gasteiger partial charge < -0.3 is 9.84 Å². The number of aryl methyl sites for hydroxylation is 1. The fourth-order valence-electron chi connectivity index (χ4n) is 1.74. The van der Waals surface area contributed by atoms with Gasteiger partial charge in [-0.2, -0.15) is 4.98 Å². The van der Waals surface area contributed by atoms with E-state index in [1.165, 1.54) is 4.57 Å². The number of nitrogens with zero attached hydrogens (tertiary/aromatic N) is 2. The molecule has 0 radical (unpaired) electrons. The summed E-state index contributed by atoms with van der Waals surface area (Å²) in [5, 5.41) is 8.92. The van der Waals surface area contributed by atoms with Crippen LogP contribution in [-0.2, 0) is 4.74 Å². The largest absolute Gasteiger partial charge is 0.394 e. The van der Waals surface area contributed by atoms with E-state index in [-0.39, 0.29) is 24.6 Å². The van der Waals surface area contributed by atoms with Crippen LogP contribution >= 0.6 is 0 Å². The highest BCUT2D eigenvalue weighted by atomic mass is 16.5. The summed E-state index contributed by atoms with van der Waals surface area (Å²) in [6, 6.07) is 1.77. The fraction of sp³-hybridized carbons (Fsp3) is 0.625. The summed E-state index contributed by atoms with van der Waals surface area (Å²) < 4.78 is 6.97. The second-order valence-corrected chi connectivity index (χ2v) is 3.73. The van der Waals surface area contributed by atoms with Gasteiger partial charge in [0.05, 0.1) is 12.7 Å². The molecule has 5 heteroatoms. The van der Waals surface area contributed by atoms with E-state index in [4.69, 9.17) is 9.84 Å². The number of aliphatic hydroxyl groups excluding tert-OH is 1. The van der Waals surface area contributed by atoms with Crippen LogP contribution in [0.5, 0.6) is 0 Å². The molecule has 1 saturated heterocycles. The molecular formula is C16H30N2O3. The molecule has 2 heterocycles. The molecule has 0 amide bonds. The Hall–Kier alpha value is -1.46. The number of rotatable bonds is 2. The molecule has 122 valence electrons. The van der Waals surface area contributed by atoms with Gasteiger partial charge in [-0.3, -0.25) is 4.57 Å². The van der Waals surface area contributed by atoms with E-state index in [1.54, 1.807) is 19.2 Å². The molecule has 0 saturated carbocycles. The van der Waals surface area contributed by atoms with E-state index in [0.29, 0.717) is 5.69 Å². The third-order valence-electron chi connectivity index (χ3n) is 2.57. The van der Waals surface area contributed by atoms with Crippen LogP contribution < -0.4 is 5.69 Å². The molecule has 1 aromatic rings. The zero-order valence-corrected chi connectivity index (χ0v) is 14.0. The van der Waals surface area contributed by atoms with Crippen molar-refractivity contribution in [2.24, 2.45) is 0 Å². The van der Waals surface area contributed by atoms with Crippen molar-refractivity contribution in [1.82, 2.24) is 9.55 Å². The first-order valence-electron chi connectivity index (χ1n) is 7.53. The van der Waals surface area contributed by atoms with Crippen LogP contribution in [0.4, 0.5) is 0 Å². The molecule has 2 unspecified atom stereocenters. The summed E-state index contributed by atoms with van der Waals surface area (Å²) in [4.78, 5) is 15.4.